The first kappa shape index (κ1) is 25.3. The number of rotatable bonds is 16. The van der Waals surface area contributed by atoms with E-state index in [1.807, 2.05) is 19.3 Å². The Morgan fingerprint density at radius 2 is 1.35 bits per heavy atom. The van der Waals surface area contributed by atoms with Crippen molar-refractivity contribution in [2.45, 2.75) is 104 Å². The molecule has 0 N–H and O–H groups in total. The van der Waals surface area contributed by atoms with E-state index >= 15 is 0 Å². The molecule has 0 radical (unpaired) electrons. The molecular weight excluding hydrogens is 387 g/mol. The van der Waals surface area contributed by atoms with Gasteiger partial charge < -0.3 is 4.74 Å². The smallest absolute Gasteiger partial charge is 0.165 e. The monoisotopic (exact) mass is 428 g/mol. The molecule has 0 aliphatic rings. The maximum Gasteiger partial charge on any atom is 0.165 e. The van der Waals surface area contributed by atoms with Crippen LogP contribution in [-0.2, 0) is 6.42 Å². The van der Waals surface area contributed by atoms with Gasteiger partial charge in [0.15, 0.2) is 17.4 Å². The first-order chi connectivity index (χ1) is 15.2. The topological polar surface area (TPSA) is 35.0 Å². The summed E-state index contributed by atoms with van der Waals surface area (Å²) >= 11 is 0. The average molecular weight is 429 g/mol. The summed E-state index contributed by atoms with van der Waals surface area (Å²) in [6, 6.07) is 3.28. The van der Waals surface area contributed by atoms with Gasteiger partial charge in [0.25, 0.3) is 0 Å². The standard InChI is InChI=1S/C27H41FN2O/c1-4-6-8-10-12-14-16-23-20-29-27(30-21-23)24-19-25(28)26(18-22(24)3)31-17-15-13-11-9-7-5-2/h18-21H,4-17H2,1-3H3. The van der Waals surface area contributed by atoms with Gasteiger partial charge in [-0.1, -0.05) is 78.1 Å². The molecule has 0 bridgehead atoms. The van der Waals surface area contributed by atoms with Crippen molar-refractivity contribution in [3.8, 4) is 17.1 Å². The number of hydrogen-bond acceptors (Lipinski definition) is 3. The summed E-state index contributed by atoms with van der Waals surface area (Å²) in [5, 5.41) is 0. The van der Waals surface area contributed by atoms with E-state index in [0.717, 1.165) is 36.0 Å². The van der Waals surface area contributed by atoms with Gasteiger partial charge >= 0.3 is 0 Å². The molecule has 1 heterocycles. The Morgan fingerprint density at radius 3 is 2.00 bits per heavy atom. The summed E-state index contributed by atoms with van der Waals surface area (Å²) in [6.45, 7) is 6.97. The molecule has 0 aliphatic carbocycles. The van der Waals surface area contributed by atoms with Crippen LogP contribution in [0.4, 0.5) is 4.39 Å². The van der Waals surface area contributed by atoms with Crippen molar-refractivity contribution in [3.63, 3.8) is 0 Å². The molecule has 0 unspecified atom stereocenters. The molecule has 2 rings (SSSR count). The molecule has 31 heavy (non-hydrogen) atoms. The van der Waals surface area contributed by atoms with Crippen LogP contribution in [0.2, 0.25) is 0 Å². The van der Waals surface area contributed by atoms with Crippen LogP contribution in [0.25, 0.3) is 11.4 Å². The highest BCUT2D eigenvalue weighted by atomic mass is 19.1. The Bertz CT molecular complexity index is 746. The second-order valence-electron chi connectivity index (χ2n) is 8.65. The highest BCUT2D eigenvalue weighted by Gasteiger charge is 2.12. The van der Waals surface area contributed by atoms with Crippen LogP contribution < -0.4 is 4.74 Å². The lowest BCUT2D eigenvalue weighted by molar-refractivity contribution is 0.290. The zero-order chi connectivity index (χ0) is 22.3. The Kier molecular flexibility index (Phi) is 12.2. The Labute approximate surface area is 188 Å². The molecule has 1 aromatic carbocycles. The van der Waals surface area contributed by atoms with Crippen LogP contribution >= 0.6 is 0 Å². The molecule has 0 aliphatic heterocycles. The van der Waals surface area contributed by atoms with Crippen LogP contribution in [0, 0.1) is 12.7 Å². The average Bonchev–Trinajstić information content (AvgIpc) is 2.78. The van der Waals surface area contributed by atoms with Crippen molar-refractivity contribution in [2.75, 3.05) is 6.61 Å². The summed E-state index contributed by atoms with van der Waals surface area (Å²) in [5.41, 5.74) is 2.81. The second kappa shape index (κ2) is 14.9. The van der Waals surface area contributed by atoms with E-state index in [0.29, 0.717) is 18.2 Å². The SMILES string of the molecule is CCCCCCCCOc1cc(C)c(-c2ncc(CCCCCCCC)cn2)cc1F. The van der Waals surface area contributed by atoms with Crippen molar-refractivity contribution in [1.29, 1.82) is 0 Å². The molecular formula is C27H41FN2O. The third-order valence-electron chi connectivity index (χ3n) is 5.80. The van der Waals surface area contributed by atoms with Crippen LogP contribution in [-0.4, -0.2) is 16.6 Å². The summed E-state index contributed by atoms with van der Waals surface area (Å²) in [4.78, 5) is 9.00. The van der Waals surface area contributed by atoms with Crippen LogP contribution in [0.1, 0.15) is 102 Å². The Morgan fingerprint density at radius 1 is 0.774 bits per heavy atom. The fourth-order valence-electron chi connectivity index (χ4n) is 3.80. The number of hydrogen-bond donors (Lipinski definition) is 0. The number of aromatic nitrogens is 2. The summed E-state index contributed by atoms with van der Waals surface area (Å²) in [7, 11) is 0. The van der Waals surface area contributed by atoms with Crippen LogP contribution in [0.3, 0.4) is 0 Å². The lowest BCUT2D eigenvalue weighted by atomic mass is 10.1. The number of nitrogens with zero attached hydrogens (tertiary/aromatic N) is 2. The van der Waals surface area contributed by atoms with E-state index < -0.39 is 0 Å². The van der Waals surface area contributed by atoms with E-state index in [1.165, 1.54) is 70.3 Å². The fraction of sp³-hybridized carbons (Fsp3) is 0.630. The molecule has 3 nitrogen and oxygen atoms in total. The molecule has 0 saturated carbocycles. The van der Waals surface area contributed by atoms with Crippen molar-refractivity contribution in [1.82, 2.24) is 9.97 Å². The third-order valence-corrected chi connectivity index (χ3v) is 5.80. The van der Waals surface area contributed by atoms with Gasteiger partial charge in [0.1, 0.15) is 0 Å². The van der Waals surface area contributed by atoms with Gasteiger partial charge in [0.05, 0.1) is 6.61 Å². The van der Waals surface area contributed by atoms with Gasteiger partial charge in [0, 0.05) is 18.0 Å². The Hall–Kier alpha value is -1.97. The number of benzene rings is 1. The second-order valence-corrected chi connectivity index (χ2v) is 8.65. The van der Waals surface area contributed by atoms with Crippen molar-refractivity contribution >= 4 is 0 Å². The molecule has 0 spiro atoms. The number of unbranched alkanes of at least 4 members (excludes halogenated alkanes) is 10. The van der Waals surface area contributed by atoms with Crippen LogP contribution in [0.5, 0.6) is 5.75 Å². The molecule has 0 saturated heterocycles. The number of halogens is 1. The van der Waals surface area contributed by atoms with E-state index in [4.69, 9.17) is 4.74 Å². The predicted octanol–water partition coefficient (Wildman–Crippen LogP) is 8.23. The van der Waals surface area contributed by atoms with E-state index in [9.17, 15) is 4.39 Å². The molecule has 0 fully saturated rings. The third kappa shape index (κ3) is 9.37. The maximum atomic E-state index is 14.6. The normalized spacial score (nSPS) is 11.1. The zero-order valence-electron chi connectivity index (χ0n) is 19.9. The van der Waals surface area contributed by atoms with Gasteiger partial charge in [-0.3, -0.25) is 0 Å². The minimum Gasteiger partial charge on any atom is -0.491 e. The van der Waals surface area contributed by atoms with Gasteiger partial charge in [0.2, 0.25) is 0 Å². The van der Waals surface area contributed by atoms with Crippen molar-refractivity contribution < 1.29 is 9.13 Å². The summed E-state index contributed by atoms with van der Waals surface area (Å²) < 4.78 is 20.3. The minimum atomic E-state index is -0.341. The maximum absolute atomic E-state index is 14.6. The zero-order valence-corrected chi connectivity index (χ0v) is 19.9. The highest BCUT2D eigenvalue weighted by molar-refractivity contribution is 5.61. The van der Waals surface area contributed by atoms with Gasteiger partial charge in [-0.2, -0.15) is 0 Å². The molecule has 2 aromatic rings. The fourth-order valence-corrected chi connectivity index (χ4v) is 3.80. The Balaban J connectivity index is 1.83. The first-order valence-electron chi connectivity index (χ1n) is 12.4. The minimum absolute atomic E-state index is 0.328. The first-order valence-corrected chi connectivity index (χ1v) is 12.4. The van der Waals surface area contributed by atoms with E-state index in [2.05, 4.69) is 23.8 Å². The molecule has 0 amide bonds. The summed E-state index contributed by atoms with van der Waals surface area (Å²) in [6.07, 6.45) is 19.6. The molecule has 0 atom stereocenters. The predicted molar refractivity (Wildman–Crippen MR) is 128 cm³/mol. The quantitative estimate of drug-likeness (QED) is 0.253. The molecule has 4 heteroatoms. The lowest BCUT2D eigenvalue weighted by Crippen LogP contribution is -2.01. The molecule has 1 aromatic heterocycles. The van der Waals surface area contributed by atoms with E-state index in [1.54, 1.807) is 6.07 Å². The lowest BCUT2D eigenvalue weighted by Gasteiger charge is -2.11. The van der Waals surface area contributed by atoms with Crippen molar-refractivity contribution in [3.05, 3.63) is 41.5 Å². The van der Waals surface area contributed by atoms with Crippen molar-refractivity contribution in [2.24, 2.45) is 0 Å². The molecule has 172 valence electrons. The van der Waals surface area contributed by atoms with Gasteiger partial charge in [-0.15, -0.1) is 0 Å². The summed E-state index contributed by atoms with van der Waals surface area (Å²) in [5.74, 6) is 0.561. The van der Waals surface area contributed by atoms with Gasteiger partial charge in [-0.25, -0.2) is 14.4 Å². The van der Waals surface area contributed by atoms with E-state index in [-0.39, 0.29) is 5.82 Å². The number of ether oxygens (including phenoxy) is 1. The number of aryl methyl sites for hydroxylation is 2. The van der Waals surface area contributed by atoms with Gasteiger partial charge in [-0.05, 0) is 49.4 Å². The largest absolute Gasteiger partial charge is 0.491 e. The highest BCUT2D eigenvalue weighted by Crippen LogP contribution is 2.28. The van der Waals surface area contributed by atoms with Crippen LogP contribution in [0.15, 0.2) is 24.5 Å².